The summed E-state index contributed by atoms with van der Waals surface area (Å²) in [6.07, 6.45) is 9.09. The van der Waals surface area contributed by atoms with Crippen molar-refractivity contribution in [3.05, 3.63) is 94.0 Å². The molecular formula is C52H70O8. The highest BCUT2D eigenvalue weighted by molar-refractivity contribution is 5.84. The Bertz CT molecular complexity index is 1860. The molecule has 0 amide bonds. The van der Waals surface area contributed by atoms with Gasteiger partial charge in [0.15, 0.2) is 0 Å². The average molecular weight is 823 g/mol. The highest BCUT2D eigenvalue weighted by atomic mass is 16.6. The molecule has 0 radical (unpaired) electrons. The van der Waals surface area contributed by atoms with Gasteiger partial charge in [-0.05, 0) is 114 Å². The van der Waals surface area contributed by atoms with Crippen LogP contribution in [0.5, 0.6) is 23.0 Å². The molecule has 326 valence electrons. The van der Waals surface area contributed by atoms with Gasteiger partial charge in [-0.15, -0.1) is 0 Å². The van der Waals surface area contributed by atoms with Gasteiger partial charge in [0.05, 0.1) is 64.0 Å². The first-order chi connectivity index (χ1) is 29.0. The molecule has 0 atom stereocenters. The summed E-state index contributed by atoms with van der Waals surface area (Å²) < 4.78 is 49.3. The molecule has 2 aliphatic heterocycles. The zero-order valence-electron chi connectivity index (χ0n) is 37.8. The van der Waals surface area contributed by atoms with E-state index in [1.807, 2.05) is 0 Å². The number of benzene rings is 4. The fourth-order valence-electron chi connectivity index (χ4n) is 8.28. The van der Waals surface area contributed by atoms with E-state index in [0.29, 0.717) is 66.1 Å². The topological polar surface area (TPSA) is 73.8 Å². The van der Waals surface area contributed by atoms with Crippen molar-refractivity contribution in [1.82, 2.24) is 0 Å². The Morgan fingerprint density at radius 2 is 0.817 bits per heavy atom. The fourth-order valence-corrected chi connectivity index (χ4v) is 8.28. The molecule has 4 aromatic rings. The number of ether oxygens (including phenoxy) is 8. The third-order valence-corrected chi connectivity index (χ3v) is 11.4. The first-order valence-corrected chi connectivity index (χ1v) is 22.5. The summed E-state index contributed by atoms with van der Waals surface area (Å²) in [6, 6.07) is 22.0. The quantitative estimate of drug-likeness (QED) is 0.0612. The Morgan fingerprint density at radius 3 is 1.18 bits per heavy atom. The van der Waals surface area contributed by atoms with Crippen LogP contribution >= 0.6 is 0 Å². The summed E-state index contributed by atoms with van der Waals surface area (Å²) in [5.41, 5.74) is 10.9. The standard InChI is InChI=1S/C52H70O8/c1-9-11-13-15-39-33-45(49-41-31-37(3)17-19-43(41)51(5,6)59-47(49)35-39)57-29-27-55-25-23-53-21-22-54-24-26-56-28-30-58-46-34-40(16-14-12-10-2)36-48-50(46)42-32-38(4)18-20-44(42)52(7,8)60-48/h17-20,31-36H,9-16,21-30H2,1-8H3. The second kappa shape index (κ2) is 21.6. The Labute approximate surface area is 360 Å². The number of fused-ring (bicyclic) bond motifs is 6. The van der Waals surface area contributed by atoms with Crippen LogP contribution in [0.3, 0.4) is 0 Å². The van der Waals surface area contributed by atoms with Gasteiger partial charge in [0, 0.05) is 11.1 Å². The fraction of sp³-hybridized carbons (Fsp3) is 0.538. The molecule has 2 heterocycles. The van der Waals surface area contributed by atoms with Gasteiger partial charge < -0.3 is 37.9 Å². The lowest BCUT2D eigenvalue weighted by atomic mass is 9.84. The van der Waals surface area contributed by atoms with Gasteiger partial charge in [0.2, 0.25) is 0 Å². The van der Waals surface area contributed by atoms with Crippen LogP contribution < -0.4 is 18.9 Å². The van der Waals surface area contributed by atoms with Crippen LogP contribution in [0.15, 0.2) is 60.7 Å². The van der Waals surface area contributed by atoms with Gasteiger partial charge in [-0.25, -0.2) is 0 Å². The molecule has 0 aromatic heterocycles. The largest absolute Gasteiger partial charge is 0.490 e. The van der Waals surface area contributed by atoms with E-state index in [-0.39, 0.29) is 0 Å². The smallest absolute Gasteiger partial charge is 0.132 e. The number of unbranched alkanes of at least 4 members (excludes halogenated alkanes) is 4. The van der Waals surface area contributed by atoms with Crippen molar-refractivity contribution in [2.24, 2.45) is 0 Å². The zero-order valence-corrected chi connectivity index (χ0v) is 37.8. The van der Waals surface area contributed by atoms with Crippen LogP contribution in [0, 0.1) is 13.8 Å². The third kappa shape index (κ3) is 11.8. The Hall–Kier alpha value is -4.08. The first kappa shape index (κ1) is 45.4. The molecular weight excluding hydrogens is 753 g/mol. The predicted octanol–water partition coefficient (Wildman–Crippen LogP) is 11.9. The van der Waals surface area contributed by atoms with Crippen LogP contribution in [-0.2, 0) is 43.0 Å². The van der Waals surface area contributed by atoms with E-state index < -0.39 is 11.2 Å². The van der Waals surface area contributed by atoms with Gasteiger partial charge in [-0.1, -0.05) is 87.1 Å². The second-order valence-electron chi connectivity index (χ2n) is 17.3. The Morgan fingerprint density at radius 1 is 0.450 bits per heavy atom. The number of hydrogen-bond acceptors (Lipinski definition) is 8. The van der Waals surface area contributed by atoms with Crippen molar-refractivity contribution in [3.63, 3.8) is 0 Å². The van der Waals surface area contributed by atoms with E-state index in [0.717, 1.165) is 59.8 Å². The van der Waals surface area contributed by atoms with Crippen molar-refractivity contribution in [2.75, 3.05) is 66.1 Å². The molecule has 0 aliphatic carbocycles. The number of aryl methyl sites for hydroxylation is 4. The van der Waals surface area contributed by atoms with E-state index in [4.69, 9.17) is 37.9 Å². The monoisotopic (exact) mass is 823 g/mol. The lowest BCUT2D eigenvalue weighted by molar-refractivity contribution is -0.00699. The number of rotatable bonds is 25. The molecule has 0 N–H and O–H groups in total. The van der Waals surface area contributed by atoms with Crippen LogP contribution in [0.1, 0.15) is 113 Å². The van der Waals surface area contributed by atoms with Gasteiger partial charge in [0.1, 0.15) is 47.4 Å². The van der Waals surface area contributed by atoms with E-state index >= 15 is 0 Å². The average Bonchev–Trinajstić information content (AvgIpc) is 3.19. The maximum absolute atomic E-state index is 6.61. The molecule has 60 heavy (non-hydrogen) atoms. The Balaban J connectivity index is 0.874. The van der Waals surface area contributed by atoms with Crippen molar-refractivity contribution in [2.45, 2.75) is 118 Å². The molecule has 0 bridgehead atoms. The normalized spacial score (nSPS) is 14.3. The first-order valence-electron chi connectivity index (χ1n) is 22.5. The van der Waals surface area contributed by atoms with Crippen LogP contribution in [0.2, 0.25) is 0 Å². The van der Waals surface area contributed by atoms with Crippen LogP contribution in [0.4, 0.5) is 0 Å². The molecule has 0 saturated heterocycles. The molecule has 0 unspecified atom stereocenters. The minimum atomic E-state index is -0.420. The summed E-state index contributed by atoms with van der Waals surface area (Å²) in [6.45, 7) is 22.1. The minimum absolute atomic E-state index is 0.420. The Kier molecular flexibility index (Phi) is 16.4. The summed E-state index contributed by atoms with van der Waals surface area (Å²) in [4.78, 5) is 0. The minimum Gasteiger partial charge on any atom is -0.490 e. The van der Waals surface area contributed by atoms with E-state index in [9.17, 15) is 0 Å². The van der Waals surface area contributed by atoms with Crippen molar-refractivity contribution >= 4 is 0 Å². The molecule has 8 nitrogen and oxygen atoms in total. The molecule has 8 heteroatoms. The second-order valence-corrected chi connectivity index (χ2v) is 17.3. The maximum Gasteiger partial charge on any atom is 0.132 e. The van der Waals surface area contributed by atoms with Gasteiger partial charge in [0.25, 0.3) is 0 Å². The maximum atomic E-state index is 6.61. The SMILES string of the molecule is CCCCCc1cc(OCCOCCOCCOCCOCCOc2cc(CCCCC)cc3c2-c2cc(C)ccc2C(C)(C)O3)c2c(c1)OC(C)(C)c1ccc(C)cc1-2. The molecule has 0 fully saturated rings. The number of hydrogen-bond donors (Lipinski definition) is 0. The lowest BCUT2D eigenvalue weighted by Crippen LogP contribution is -2.29. The summed E-state index contributed by atoms with van der Waals surface area (Å²) in [5, 5.41) is 0. The molecule has 2 aliphatic rings. The predicted molar refractivity (Wildman–Crippen MR) is 241 cm³/mol. The third-order valence-electron chi connectivity index (χ3n) is 11.4. The lowest BCUT2D eigenvalue weighted by Gasteiger charge is -2.36. The van der Waals surface area contributed by atoms with Crippen LogP contribution in [-0.4, -0.2) is 66.1 Å². The van der Waals surface area contributed by atoms with Gasteiger partial charge in [-0.3, -0.25) is 0 Å². The summed E-state index contributed by atoms with van der Waals surface area (Å²) in [5.74, 6) is 3.51. The van der Waals surface area contributed by atoms with E-state index in [2.05, 4.69) is 116 Å². The van der Waals surface area contributed by atoms with Gasteiger partial charge in [-0.2, -0.15) is 0 Å². The summed E-state index contributed by atoms with van der Waals surface area (Å²) in [7, 11) is 0. The van der Waals surface area contributed by atoms with Crippen LogP contribution in [0.25, 0.3) is 22.3 Å². The van der Waals surface area contributed by atoms with Crippen molar-refractivity contribution in [1.29, 1.82) is 0 Å². The summed E-state index contributed by atoms with van der Waals surface area (Å²) >= 11 is 0. The molecule has 6 rings (SSSR count). The highest BCUT2D eigenvalue weighted by Crippen LogP contribution is 2.51. The zero-order chi connectivity index (χ0) is 42.5. The van der Waals surface area contributed by atoms with Gasteiger partial charge >= 0.3 is 0 Å². The highest BCUT2D eigenvalue weighted by Gasteiger charge is 2.36. The molecule has 4 aromatic carbocycles. The van der Waals surface area contributed by atoms with E-state index in [1.165, 1.54) is 70.2 Å². The molecule has 0 saturated carbocycles. The van der Waals surface area contributed by atoms with Crippen molar-refractivity contribution in [3.8, 4) is 45.3 Å². The van der Waals surface area contributed by atoms with Crippen molar-refractivity contribution < 1.29 is 37.9 Å². The van der Waals surface area contributed by atoms with E-state index in [1.54, 1.807) is 0 Å². The molecule has 0 spiro atoms.